The smallest absolute Gasteiger partial charge is 0.267 e. The minimum atomic E-state index is -0.445. The third-order valence-corrected chi connectivity index (χ3v) is 3.49. The van der Waals surface area contributed by atoms with Gasteiger partial charge in [-0.25, -0.2) is 0 Å². The van der Waals surface area contributed by atoms with Crippen molar-refractivity contribution in [3.8, 4) is 0 Å². The molecule has 4 nitrogen and oxygen atoms in total. The summed E-state index contributed by atoms with van der Waals surface area (Å²) in [5.41, 5.74) is 6.28. The first-order chi connectivity index (χ1) is 9.97. The van der Waals surface area contributed by atoms with E-state index in [4.69, 9.17) is 23.2 Å². The topological polar surface area (TPSA) is 58.2 Å². The van der Waals surface area contributed by atoms with E-state index in [-0.39, 0.29) is 0 Å². The molecule has 2 N–H and O–H groups in total. The predicted octanol–water partition coefficient (Wildman–Crippen LogP) is 3.38. The fourth-order valence-corrected chi connectivity index (χ4v) is 1.90. The lowest BCUT2D eigenvalue weighted by molar-refractivity contribution is 0.0846. The number of hydrazine groups is 1. The number of hydrogen-bond acceptors (Lipinski definition) is 2. The number of halogens is 2. The second-order valence-electron chi connectivity index (χ2n) is 4.38. The molecule has 6 heteroatoms. The maximum Gasteiger partial charge on any atom is 0.269 e. The molecule has 0 fully saturated rings. The Kier molecular flexibility index (Phi) is 4.83. The van der Waals surface area contributed by atoms with Crippen molar-refractivity contribution in [1.82, 2.24) is 10.9 Å². The first-order valence-corrected chi connectivity index (χ1v) is 6.85. The molecule has 0 saturated carbocycles. The zero-order valence-corrected chi connectivity index (χ0v) is 12.6. The van der Waals surface area contributed by atoms with E-state index in [2.05, 4.69) is 10.9 Å². The largest absolute Gasteiger partial charge is 0.269 e. The molecule has 0 heterocycles. The van der Waals surface area contributed by atoms with Crippen LogP contribution in [0.5, 0.6) is 0 Å². The molecule has 0 aliphatic carbocycles. The van der Waals surface area contributed by atoms with Crippen molar-refractivity contribution in [2.24, 2.45) is 0 Å². The number of carbonyl (C=O) groups excluding carboxylic acids is 2. The Hall–Kier alpha value is -2.04. The Bertz CT molecular complexity index is 685. The summed E-state index contributed by atoms with van der Waals surface area (Å²) in [6.45, 7) is 1.84. The third kappa shape index (κ3) is 3.97. The highest BCUT2D eigenvalue weighted by molar-refractivity contribution is 6.31. The van der Waals surface area contributed by atoms with Gasteiger partial charge in [0.2, 0.25) is 0 Å². The van der Waals surface area contributed by atoms with Gasteiger partial charge in [-0.05, 0) is 48.9 Å². The van der Waals surface area contributed by atoms with Gasteiger partial charge in [-0.3, -0.25) is 20.4 Å². The molecule has 0 aromatic heterocycles. The second kappa shape index (κ2) is 6.61. The number of benzene rings is 2. The minimum Gasteiger partial charge on any atom is -0.267 e. The Labute approximate surface area is 132 Å². The molecule has 0 unspecified atom stereocenters. The van der Waals surface area contributed by atoms with E-state index in [1.54, 1.807) is 42.5 Å². The van der Waals surface area contributed by atoms with Crippen LogP contribution >= 0.6 is 23.2 Å². The van der Waals surface area contributed by atoms with Crippen LogP contribution in [-0.2, 0) is 0 Å². The number of hydrogen-bond donors (Lipinski definition) is 2. The summed E-state index contributed by atoms with van der Waals surface area (Å²) in [7, 11) is 0. The van der Waals surface area contributed by atoms with Crippen LogP contribution in [0, 0.1) is 6.92 Å². The van der Waals surface area contributed by atoms with Crippen LogP contribution in [0.15, 0.2) is 42.5 Å². The molecule has 0 saturated heterocycles. The monoisotopic (exact) mass is 322 g/mol. The molecule has 2 aromatic carbocycles. The molecule has 108 valence electrons. The number of aryl methyl sites for hydroxylation is 1. The molecule has 0 bridgehead atoms. The van der Waals surface area contributed by atoms with Crippen LogP contribution in [0.25, 0.3) is 0 Å². The zero-order valence-electron chi connectivity index (χ0n) is 11.1. The summed E-state index contributed by atoms with van der Waals surface area (Å²) < 4.78 is 0. The van der Waals surface area contributed by atoms with Crippen molar-refractivity contribution in [3.63, 3.8) is 0 Å². The first kappa shape index (κ1) is 15.4. The average molecular weight is 323 g/mol. The second-order valence-corrected chi connectivity index (χ2v) is 5.22. The van der Waals surface area contributed by atoms with E-state index in [0.717, 1.165) is 5.56 Å². The van der Waals surface area contributed by atoms with Gasteiger partial charge in [-0.1, -0.05) is 29.3 Å². The van der Waals surface area contributed by atoms with Gasteiger partial charge in [-0.15, -0.1) is 0 Å². The van der Waals surface area contributed by atoms with Crippen molar-refractivity contribution in [2.45, 2.75) is 6.92 Å². The van der Waals surface area contributed by atoms with Gasteiger partial charge in [0.1, 0.15) is 0 Å². The summed E-state index contributed by atoms with van der Waals surface area (Å²) in [4.78, 5) is 23.7. The maximum atomic E-state index is 11.9. The summed E-state index contributed by atoms with van der Waals surface area (Å²) in [5, 5.41) is 1.02. The van der Waals surface area contributed by atoms with E-state index in [1.807, 2.05) is 6.92 Å². The predicted molar refractivity (Wildman–Crippen MR) is 82.6 cm³/mol. The molecule has 2 aromatic rings. The van der Waals surface area contributed by atoms with Crippen molar-refractivity contribution in [2.75, 3.05) is 0 Å². The van der Waals surface area contributed by atoms with Crippen LogP contribution < -0.4 is 10.9 Å². The summed E-state index contributed by atoms with van der Waals surface area (Å²) in [5.74, 6) is -0.877. The van der Waals surface area contributed by atoms with E-state index >= 15 is 0 Å². The lowest BCUT2D eigenvalue weighted by atomic mass is 10.1. The highest BCUT2D eigenvalue weighted by Crippen LogP contribution is 2.16. The van der Waals surface area contributed by atoms with Crippen LogP contribution in [0.2, 0.25) is 10.0 Å². The van der Waals surface area contributed by atoms with Gasteiger partial charge >= 0.3 is 0 Å². The molecule has 0 radical (unpaired) electrons. The molecule has 21 heavy (non-hydrogen) atoms. The summed E-state index contributed by atoms with van der Waals surface area (Å²) >= 11 is 11.7. The third-order valence-electron chi connectivity index (χ3n) is 2.83. The van der Waals surface area contributed by atoms with Crippen molar-refractivity contribution in [1.29, 1.82) is 0 Å². The number of rotatable bonds is 2. The van der Waals surface area contributed by atoms with Gasteiger partial charge < -0.3 is 0 Å². The molecule has 0 atom stereocenters. The van der Waals surface area contributed by atoms with Crippen LogP contribution in [0.1, 0.15) is 26.3 Å². The van der Waals surface area contributed by atoms with Crippen molar-refractivity contribution >= 4 is 35.0 Å². The van der Waals surface area contributed by atoms with Crippen LogP contribution in [0.4, 0.5) is 0 Å². The number of amides is 2. The van der Waals surface area contributed by atoms with E-state index in [9.17, 15) is 9.59 Å². The summed E-state index contributed by atoms with van der Waals surface area (Å²) in [6.07, 6.45) is 0. The van der Waals surface area contributed by atoms with E-state index in [1.165, 1.54) is 0 Å². The van der Waals surface area contributed by atoms with Crippen molar-refractivity contribution < 1.29 is 9.59 Å². The molecule has 2 rings (SSSR count). The molecular formula is C15H12Cl2N2O2. The molecule has 0 aliphatic heterocycles. The zero-order chi connectivity index (χ0) is 15.4. The number of nitrogens with one attached hydrogen (secondary N) is 2. The SMILES string of the molecule is Cc1ccc(C(=O)NNC(=O)c2ccc(Cl)cc2)cc1Cl. The Morgan fingerprint density at radius 1 is 0.857 bits per heavy atom. The quantitative estimate of drug-likeness (QED) is 0.833. The van der Waals surface area contributed by atoms with Gasteiger partial charge in [0.25, 0.3) is 11.8 Å². The maximum absolute atomic E-state index is 11.9. The number of carbonyl (C=O) groups is 2. The Balaban J connectivity index is 1.98. The normalized spacial score (nSPS) is 10.0. The molecular weight excluding hydrogens is 311 g/mol. The van der Waals surface area contributed by atoms with Crippen LogP contribution in [0.3, 0.4) is 0 Å². The lowest BCUT2D eigenvalue weighted by Crippen LogP contribution is -2.41. The van der Waals surface area contributed by atoms with E-state index < -0.39 is 11.8 Å². The minimum absolute atomic E-state index is 0.363. The lowest BCUT2D eigenvalue weighted by Gasteiger charge is -2.08. The van der Waals surface area contributed by atoms with Crippen LogP contribution in [-0.4, -0.2) is 11.8 Å². The average Bonchev–Trinajstić information content (AvgIpc) is 2.48. The van der Waals surface area contributed by atoms with Crippen molar-refractivity contribution in [3.05, 3.63) is 69.2 Å². The fourth-order valence-electron chi connectivity index (χ4n) is 1.59. The van der Waals surface area contributed by atoms with Gasteiger partial charge in [0.05, 0.1) is 0 Å². The van der Waals surface area contributed by atoms with E-state index in [0.29, 0.717) is 21.2 Å². The highest BCUT2D eigenvalue weighted by Gasteiger charge is 2.10. The summed E-state index contributed by atoms with van der Waals surface area (Å²) in [6, 6.07) is 11.2. The fraction of sp³-hybridized carbons (Fsp3) is 0.0667. The molecule has 2 amide bonds. The highest BCUT2D eigenvalue weighted by atomic mass is 35.5. The van der Waals surface area contributed by atoms with Gasteiger partial charge in [0, 0.05) is 21.2 Å². The molecule has 0 aliphatic rings. The molecule has 0 spiro atoms. The van der Waals surface area contributed by atoms with Gasteiger partial charge in [0.15, 0.2) is 0 Å². The Morgan fingerprint density at radius 3 is 1.95 bits per heavy atom. The van der Waals surface area contributed by atoms with Gasteiger partial charge in [-0.2, -0.15) is 0 Å². The first-order valence-electron chi connectivity index (χ1n) is 6.10. The standard InChI is InChI=1S/C15H12Cl2N2O2/c1-9-2-3-11(8-13(9)17)15(21)19-18-14(20)10-4-6-12(16)7-5-10/h2-8H,1H3,(H,18,20)(H,19,21). The Morgan fingerprint density at radius 2 is 1.38 bits per heavy atom.